The number of rotatable bonds is 1. The fourth-order valence-corrected chi connectivity index (χ4v) is 0.850. The molecular weight excluding hydrogens is 228 g/mol. The van der Waals surface area contributed by atoms with Crippen molar-refractivity contribution in [2.75, 3.05) is 0 Å². The van der Waals surface area contributed by atoms with Crippen molar-refractivity contribution in [3.63, 3.8) is 0 Å². The molecule has 1 aromatic rings. The Bertz CT molecular complexity index is 360. The van der Waals surface area contributed by atoms with Gasteiger partial charge in [0.25, 0.3) is 5.56 Å². The fourth-order valence-electron chi connectivity index (χ4n) is 0.565. The van der Waals surface area contributed by atoms with Crippen molar-refractivity contribution < 1.29 is 9.53 Å². The first-order valence-electron chi connectivity index (χ1n) is 3.03. The van der Waals surface area contributed by atoms with Gasteiger partial charge in [-0.3, -0.25) is 9.59 Å². The molecule has 64 valence electrons. The Morgan fingerprint density at radius 2 is 2.42 bits per heavy atom. The highest BCUT2D eigenvalue weighted by Gasteiger charge is 2.02. The minimum Gasteiger partial charge on any atom is -0.406 e. The molecule has 1 rings (SSSR count). The third-order valence-electron chi connectivity index (χ3n) is 0.983. The molecule has 1 N–H and O–H groups in total. The molecule has 0 aliphatic heterocycles. The van der Waals surface area contributed by atoms with Gasteiger partial charge in [0.1, 0.15) is 0 Å². The van der Waals surface area contributed by atoms with E-state index in [0.29, 0.717) is 0 Å². The van der Waals surface area contributed by atoms with Crippen molar-refractivity contribution in [1.29, 1.82) is 0 Å². The van der Waals surface area contributed by atoms with Crippen LogP contribution >= 0.6 is 15.9 Å². The minimum absolute atomic E-state index is 0.0639. The molecule has 6 heteroatoms. The molecule has 0 aromatic carbocycles. The lowest BCUT2D eigenvalue weighted by Gasteiger charge is -1.97. The molecule has 0 fully saturated rings. The SMILES string of the molecule is CC(=O)Oc1cc(Br)c(=O)[nH]n1. The third kappa shape index (κ3) is 2.16. The minimum atomic E-state index is -0.485. The maximum Gasteiger partial charge on any atom is 0.309 e. The van der Waals surface area contributed by atoms with Crippen LogP contribution in [0.2, 0.25) is 0 Å². The highest BCUT2D eigenvalue weighted by Crippen LogP contribution is 2.09. The smallest absolute Gasteiger partial charge is 0.309 e. The van der Waals surface area contributed by atoms with Gasteiger partial charge in [-0.2, -0.15) is 0 Å². The van der Waals surface area contributed by atoms with Crippen molar-refractivity contribution in [1.82, 2.24) is 10.2 Å². The average Bonchev–Trinajstić information content (AvgIpc) is 1.96. The Kier molecular flexibility index (Phi) is 2.59. The van der Waals surface area contributed by atoms with Crippen LogP contribution in [0.1, 0.15) is 6.92 Å². The molecule has 1 heterocycles. The zero-order valence-electron chi connectivity index (χ0n) is 6.13. The van der Waals surface area contributed by atoms with Crippen LogP contribution in [0.4, 0.5) is 0 Å². The van der Waals surface area contributed by atoms with Gasteiger partial charge in [0.2, 0.25) is 5.88 Å². The summed E-state index contributed by atoms with van der Waals surface area (Å²) < 4.78 is 4.87. The molecule has 12 heavy (non-hydrogen) atoms. The molecule has 0 aliphatic carbocycles. The van der Waals surface area contributed by atoms with E-state index >= 15 is 0 Å². The lowest BCUT2D eigenvalue weighted by molar-refractivity contribution is -0.132. The topological polar surface area (TPSA) is 72.1 Å². The highest BCUT2D eigenvalue weighted by molar-refractivity contribution is 9.10. The molecule has 0 unspecified atom stereocenters. The summed E-state index contributed by atoms with van der Waals surface area (Å²) in [6.45, 7) is 1.25. The quantitative estimate of drug-likeness (QED) is 0.715. The number of carbonyl (C=O) groups excluding carboxylic acids is 1. The second-order valence-electron chi connectivity index (χ2n) is 1.98. The zero-order chi connectivity index (χ0) is 9.14. The summed E-state index contributed by atoms with van der Waals surface area (Å²) in [5.74, 6) is -0.421. The van der Waals surface area contributed by atoms with Gasteiger partial charge in [-0.1, -0.05) is 0 Å². The molecule has 0 radical (unpaired) electrons. The van der Waals surface area contributed by atoms with Crippen LogP contribution in [0.3, 0.4) is 0 Å². The molecule has 0 amide bonds. The standard InChI is InChI=1S/C6H5BrN2O3/c1-3(10)12-5-2-4(7)6(11)9-8-5/h2H,1H3,(H,9,11). The van der Waals surface area contributed by atoms with E-state index in [4.69, 9.17) is 0 Å². The summed E-state index contributed by atoms with van der Waals surface area (Å²) in [7, 11) is 0. The van der Waals surface area contributed by atoms with Gasteiger partial charge in [0.05, 0.1) is 4.47 Å². The van der Waals surface area contributed by atoms with Crippen LogP contribution in [-0.4, -0.2) is 16.2 Å². The van der Waals surface area contributed by atoms with Crippen molar-refractivity contribution >= 4 is 21.9 Å². The zero-order valence-corrected chi connectivity index (χ0v) is 7.71. The number of nitrogens with one attached hydrogen (secondary N) is 1. The first kappa shape index (κ1) is 8.92. The van der Waals surface area contributed by atoms with Gasteiger partial charge in [0.15, 0.2) is 0 Å². The Labute approximate surface area is 75.9 Å². The lowest BCUT2D eigenvalue weighted by atomic mass is 10.5. The number of halogens is 1. The number of aromatic amines is 1. The van der Waals surface area contributed by atoms with Crippen LogP contribution in [0.5, 0.6) is 5.88 Å². The summed E-state index contributed by atoms with van der Waals surface area (Å²) in [5.41, 5.74) is -0.370. The molecule has 0 bridgehead atoms. The molecule has 0 spiro atoms. The van der Waals surface area contributed by atoms with Crippen LogP contribution in [0.25, 0.3) is 0 Å². The van der Waals surface area contributed by atoms with E-state index in [1.54, 1.807) is 0 Å². The number of nitrogens with zero attached hydrogens (tertiary/aromatic N) is 1. The molecule has 0 aliphatic rings. The second kappa shape index (κ2) is 3.48. The van der Waals surface area contributed by atoms with E-state index in [1.165, 1.54) is 13.0 Å². The van der Waals surface area contributed by atoms with Crippen LogP contribution in [-0.2, 0) is 4.79 Å². The van der Waals surface area contributed by atoms with Gasteiger partial charge in [0, 0.05) is 13.0 Å². The molecule has 1 aromatic heterocycles. The van der Waals surface area contributed by atoms with Crippen LogP contribution in [0, 0.1) is 0 Å². The van der Waals surface area contributed by atoms with E-state index < -0.39 is 5.97 Å². The number of hydrogen-bond donors (Lipinski definition) is 1. The average molecular weight is 233 g/mol. The number of aromatic nitrogens is 2. The highest BCUT2D eigenvalue weighted by atomic mass is 79.9. The van der Waals surface area contributed by atoms with E-state index in [0.717, 1.165) is 0 Å². The maximum absolute atomic E-state index is 10.8. The monoisotopic (exact) mass is 232 g/mol. The number of esters is 1. The lowest BCUT2D eigenvalue weighted by Crippen LogP contribution is -2.11. The first-order chi connectivity index (χ1) is 5.59. The summed E-state index contributed by atoms with van der Waals surface area (Å²) in [6.07, 6.45) is 0. The normalized spacial score (nSPS) is 9.50. The Balaban J connectivity index is 2.97. The van der Waals surface area contributed by atoms with Gasteiger partial charge in [-0.25, -0.2) is 5.10 Å². The summed E-state index contributed by atoms with van der Waals surface area (Å²) >= 11 is 2.96. The van der Waals surface area contributed by atoms with Crippen molar-refractivity contribution in [3.05, 3.63) is 20.9 Å². The van der Waals surface area contributed by atoms with Crippen LogP contribution < -0.4 is 10.3 Å². The fraction of sp³-hybridized carbons (Fsp3) is 0.167. The predicted molar refractivity (Wildman–Crippen MR) is 43.9 cm³/mol. The van der Waals surface area contributed by atoms with Gasteiger partial charge in [-0.15, -0.1) is 5.10 Å². The van der Waals surface area contributed by atoms with Gasteiger partial charge >= 0.3 is 5.97 Å². The van der Waals surface area contributed by atoms with Crippen molar-refractivity contribution in [2.45, 2.75) is 6.92 Å². The number of hydrogen-bond acceptors (Lipinski definition) is 4. The second-order valence-corrected chi connectivity index (χ2v) is 2.83. The summed E-state index contributed by atoms with van der Waals surface area (Å²) in [5, 5.41) is 5.61. The van der Waals surface area contributed by atoms with E-state index in [1.807, 2.05) is 0 Å². The number of carbonyl (C=O) groups is 1. The first-order valence-corrected chi connectivity index (χ1v) is 3.82. The molecule has 0 saturated carbocycles. The molecule has 0 atom stereocenters. The Morgan fingerprint density at radius 3 is 2.92 bits per heavy atom. The van der Waals surface area contributed by atoms with Gasteiger partial charge < -0.3 is 4.74 Å². The predicted octanol–water partition coefficient (Wildman–Crippen LogP) is 0.458. The van der Waals surface area contributed by atoms with Crippen molar-refractivity contribution in [2.24, 2.45) is 0 Å². The largest absolute Gasteiger partial charge is 0.406 e. The van der Waals surface area contributed by atoms with E-state index in [-0.39, 0.29) is 15.9 Å². The maximum atomic E-state index is 10.8. The number of H-pyrrole nitrogens is 1. The summed E-state index contributed by atoms with van der Waals surface area (Å²) in [6, 6.07) is 1.32. The Hall–Kier alpha value is -1.17. The number of ether oxygens (including phenoxy) is 1. The van der Waals surface area contributed by atoms with E-state index in [9.17, 15) is 9.59 Å². The van der Waals surface area contributed by atoms with Crippen LogP contribution in [0.15, 0.2) is 15.3 Å². The van der Waals surface area contributed by atoms with Gasteiger partial charge in [-0.05, 0) is 15.9 Å². The van der Waals surface area contributed by atoms with E-state index in [2.05, 4.69) is 30.9 Å². The summed E-state index contributed by atoms with van der Waals surface area (Å²) in [4.78, 5) is 21.2. The Morgan fingerprint density at radius 1 is 1.75 bits per heavy atom. The van der Waals surface area contributed by atoms with Crippen molar-refractivity contribution in [3.8, 4) is 5.88 Å². The molecule has 0 saturated heterocycles. The third-order valence-corrected chi connectivity index (χ3v) is 1.57. The molecule has 5 nitrogen and oxygen atoms in total. The molecular formula is C6H5BrN2O3.